The van der Waals surface area contributed by atoms with Gasteiger partial charge in [-0.05, 0) is 19.3 Å². The summed E-state index contributed by atoms with van der Waals surface area (Å²) in [7, 11) is 0. The lowest BCUT2D eigenvalue weighted by Crippen LogP contribution is -2.37. The van der Waals surface area contributed by atoms with Crippen LogP contribution < -0.4 is 0 Å². The SMILES string of the molecule is C=C(C)C(=O)OC1OCCC(C)C1C. The van der Waals surface area contributed by atoms with Gasteiger partial charge in [-0.2, -0.15) is 0 Å². The van der Waals surface area contributed by atoms with Crippen LogP contribution in [0.25, 0.3) is 0 Å². The molecule has 1 heterocycles. The summed E-state index contributed by atoms with van der Waals surface area (Å²) in [6.07, 6.45) is 0.630. The Kier molecular flexibility index (Phi) is 3.69. The van der Waals surface area contributed by atoms with Crippen LogP contribution in [-0.4, -0.2) is 18.9 Å². The first-order valence-electron chi connectivity index (χ1n) is 5.00. The van der Waals surface area contributed by atoms with Crippen molar-refractivity contribution in [3.8, 4) is 0 Å². The molecule has 0 aromatic rings. The lowest BCUT2D eigenvalue weighted by atomic mass is 9.90. The molecule has 3 nitrogen and oxygen atoms in total. The van der Waals surface area contributed by atoms with E-state index in [0.717, 1.165) is 6.42 Å². The zero-order chi connectivity index (χ0) is 10.7. The Balaban J connectivity index is 2.51. The fourth-order valence-corrected chi connectivity index (χ4v) is 1.40. The van der Waals surface area contributed by atoms with Gasteiger partial charge < -0.3 is 9.47 Å². The lowest BCUT2D eigenvalue weighted by Gasteiger charge is -2.33. The molecule has 3 atom stereocenters. The summed E-state index contributed by atoms with van der Waals surface area (Å²) in [6.45, 7) is 10.0. The molecule has 0 aromatic heterocycles. The Morgan fingerprint density at radius 1 is 1.50 bits per heavy atom. The molecule has 0 N–H and O–H groups in total. The van der Waals surface area contributed by atoms with Crippen LogP contribution in [0.5, 0.6) is 0 Å². The molecule has 80 valence electrons. The van der Waals surface area contributed by atoms with Crippen molar-refractivity contribution in [2.75, 3.05) is 6.61 Å². The van der Waals surface area contributed by atoms with Crippen molar-refractivity contribution in [3.05, 3.63) is 12.2 Å². The summed E-state index contributed by atoms with van der Waals surface area (Å²) in [5.41, 5.74) is 0.416. The maximum Gasteiger partial charge on any atom is 0.335 e. The number of ether oxygens (including phenoxy) is 2. The van der Waals surface area contributed by atoms with Crippen molar-refractivity contribution in [3.63, 3.8) is 0 Å². The molecular weight excluding hydrogens is 180 g/mol. The van der Waals surface area contributed by atoms with E-state index in [2.05, 4.69) is 13.5 Å². The average molecular weight is 198 g/mol. The molecule has 0 aromatic carbocycles. The van der Waals surface area contributed by atoms with Crippen LogP contribution in [-0.2, 0) is 14.3 Å². The molecule has 0 aliphatic carbocycles. The van der Waals surface area contributed by atoms with Gasteiger partial charge in [0.2, 0.25) is 6.29 Å². The van der Waals surface area contributed by atoms with Crippen LogP contribution in [0.2, 0.25) is 0 Å². The van der Waals surface area contributed by atoms with Gasteiger partial charge in [-0.1, -0.05) is 20.4 Å². The second-order valence-corrected chi connectivity index (χ2v) is 4.05. The normalized spacial score (nSPS) is 32.4. The van der Waals surface area contributed by atoms with Gasteiger partial charge in [-0.3, -0.25) is 0 Å². The molecule has 1 fully saturated rings. The summed E-state index contributed by atoms with van der Waals surface area (Å²) in [5.74, 6) is 0.426. The number of rotatable bonds is 2. The summed E-state index contributed by atoms with van der Waals surface area (Å²) in [4.78, 5) is 11.3. The standard InChI is InChI=1S/C11H18O3/c1-7(2)10(12)14-11-9(4)8(3)5-6-13-11/h8-9,11H,1,5-6H2,2-4H3. The van der Waals surface area contributed by atoms with Gasteiger partial charge in [-0.25, -0.2) is 4.79 Å². The van der Waals surface area contributed by atoms with E-state index in [1.807, 2.05) is 6.92 Å². The highest BCUT2D eigenvalue weighted by molar-refractivity contribution is 5.87. The third kappa shape index (κ3) is 2.58. The van der Waals surface area contributed by atoms with Gasteiger partial charge in [0.25, 0.3) is 0 Å². The number of hydrogen-bond acceptors (Lipinski definition) is 3. The van der Waals surface area contributed by atoms with E-state index in [1.54, 1.807) is 6.92 Å². The van der Waals surface area contributed by atoms with Crippen LogP contribution in [0.4, 0.5) is 0 Å². The van der Waals surface area contributed by atoms with Crippen LogP contribution in [0.3, 0.4) is 0 Å². The lowest BCUT2D eigenvalue weighted by molar-refractivity contribution is -0.204. The zero-order valence-corrected chi connectivity index (χ0v) is 9.08. The molecule has 3 unspecified atom stereocenters. The molecule has 0 radical (unpaired) electrons. The number of carbonyl (C=O) groups is 1. The Hall–Kier alpha value is -0.830. The fraction of sp³-hybridized carbons (Fsp3) is 0.727. The minimum absolute atomic E-state index is 0.257. The van der Waals surface area contributed by atoms with E-state index in [9.17, 15) is 4.79 Å². The van der Waals surface area contributed by atoms with Crippen LogP contribution in [0.15, 0.2) is 12.2 Å². The molecule has 1 rings (SSSR count). The Morgan fingerprint density at radius 2 is 2.14 bits per heavy atom. The van der Waals surface area contributed by atoms with Gasteiger partial charge in [0.15, 0.2) is 0 Å². The van der Waals surface area contributed by atoms with E-state index in [0.29, 0.717) is 18.1 Å². The van der Waals surface area contributed by atoms with Crippen LogP contribution in [0.1, 0.15) is 27.2 Å². The molecule has 3 heteroatoms. The van der Waals surface area contributed by atoms with Crippen molar-refractivity contribution in [1.82, 2.24) is 0 Å². The van der Waals surface area contributed by atoms with E-state index >= 15 is 0 Å². The third-order valence-corrected chi connectivity index (χ3v) is 2.75. The smallest absolute Gasteiger partial charge is 0.335 e. The minimum atomic E-state index is -0.400. The first kappa shape index (κ1) is 11.2. The summed E-state index contributed by atoms with van der Waals surface area (Å²) < 4.78 is 10.6. The van der Waals surface area contributed by atoms with Crippen molar-refractivity contribution in [2.24, 2.45) is 11.8 Å². The molecule has 0 spiro atoms. The average Bonchev–Trinajstić information content (AvgIpc) is 2.12. The molecule has 14 heavy (non-hydrogen) atoms. The summed E-state index contributed by atoms with van der Waals surface area (Å²) in [6, 6.07) is 0. The first-order chi connectivity index (χ1) is 6.52. The van der Waals surface area contributed by atoms with Gasteiger partial charge in [0.05, 0.1) is 6.61 Å². The third-order valence-electron chi connectivity index (χ3n) is 2.75. The predicted octanol–water partition coefficient (Wildman–Crippen LogP) is 2.12. The maximum absolute atomic E-state index is 11.3. The van der Waals surface area contributed by atoms with Crippen molar-refractivity contribution in [2.45, 2.75) is 33.5 Å². The van der Waals surface area contributed by atoms with E-state index < -0.39 is 6.29 Å². The molecule has 1 saturated heterocycles. The highest BCUT2D eigenvalue weighted by Crippen LogP contribution is 2.27. The molecule has 0 bridgehead atoms. The largest absolute Gasteiger partial charge is 0.432 e. The molecule has 1 aliphatic rings. The van der Waals surface area contributed by atoms with Crippen molar-refractivity contribution in [1.29, 1.82) is 0 Å². The van der Waals surface area contributed by atoms with Gasteiger partial charge >= 0.3 is 5.97 Å². The van der Waals surface area contributed by atoms with E-state index in [4.69, 9.17) is 9.47 Å². The van der Waals surface area contributed by atoms with Gasteiger partial charge in [0, 0.05) is 11.5 Å². The van der Waals surface area contributed by atoms with Crippen molar-refractivity contribution >= 4 is 5.97 Å². The zero-order valence-electron chi connectivity index (χ0n) is 9.08. The maximum atomic E-state index is 11.3. The number of esters is 1. The summed E-state index contributed by atoms with van der Waals surface area (Å²) >= 11 is 0. The minimum Gasteiger partial charge on any atom is -0.432 e. The van der Waals surface area contributed by atoms with Crippen LogP contribution in [0, 0.1) is 11.8 Å². The Bertz CT molecular complexity index is 235. The molecular formula is C11H18O3. The van der Waals surface area contributed by atoms with E-state index in [-0.39, 0.29) is 11.9 Å². The first-order valence-corrected chi connectivity index (χ1v) is 5.00. The highest BCUT2D eigenvalue weighted by Gasteiger charge is 2.30. The molecule has 1 aliphatic heterocycles. The van der Waals surface area contributed by atoms with E-state index in [1.165, 1.54) is 0 Å². The number of hydrogen-bond donors (Lipinski definition) is 0. The van der Waals surface area contributed by atoms with Gasteiger partial charge in [0.1, 0.15) is 0 Å². The summed E-state index contributed by atoms with van der Waals surface area (Å²) in [5, 5.41) is 0. The van der Waals surface area contributed by atoms with Crippen molar-refractivity contribution < 1.29 is 14.3 Å². The molecule has 0 saturated carbocycles. The molecule has 0 amide bonds. The predicted molar refractivity (Wildman–Crippen MR) is 53.6 cm³/mol. The monoisotopic (exact) mass is 198 g/mol. The number of carbonyl (C=O) groups excluding carboxylic acids is 1. The quantitative estimate of drug-likeness (QED) is 0.503. The second-order valence-electron chi connectivity index (χ2n) is 4.05. The Labute approximate surface area is 85.1 Å². The fourth-order valence-electron chi connectivity index (χ4n) is 1.40. The topological polar surface area (TPSA) is 35.5 Å². The van der Waals surface area contributed by atoms with Gasteiger partial charge in [-0.15, -0.1) is 0 Å². The van der Waals surface area contributed by atoms with Crippen LogP contribution >= 0.6 is 0 Å². The Morgan fingerprint density at radius 3 is 2.71 bits per heavy atom. The second kappa shape index (κ2) is 4.60. The highest BCUT2D eigenvalue weighted by atomic mass is 16.7.